The summed E-state index contributed by atoms with van der Waals surface area (Å²) < 4.78 is 0. The number of nitrogens with zero attached hydrogens (tertiary/aromatic N) is 2. The van der Waals surface area contributed by atoms with Gasteiger partial charge in [0.25, 0.3) is 0 Å². The van der Waals surface area contributed by atoms with E-state index >= 15 is 0 Å². The number of aromatic nitrogens is 1. The molecule has 3 nitrogen and oxygen atoms in total. The number of rotatable bonds is 3. The molecule has 2 heterocycles. The molecule has 1 aromatic heterocycles. The van der Waals surface area contributed by atoms with Crippen LogP contribution in [0.3, 0.4) is 0 Å². The average molecular weight is 249 g/mol. The molecule has 0 aromatic carbocycles. The summed E-state index contributed by atoms with van der Waals surface area (Å²) in [5.41, 5.74) is 8.19. The van der Waals surface area contributed by atoms with Crippen molar-refractivity contribution in [3.63, 3.8) is 0 Å². The Morgan fingerprint density at radius 2 is 2.41 bits per heavy atom. The first kappa shape index (κ1) is 12.5. The van der Waals surface area contributed by atoms with Crippen LogP contribution < -0.4 is 5.73 Å². The van der Waals surface area contributed by atoms with Crippen molar-refractivity contribution in [3.8, 4) is 0 Å². The molecule has 1 aromatic rings. The third kappa shape index (κ3) is 3.01. The van der Waals surface area contributed by atoms with Crippen molar-refractivity contribution < 1.29 is 0 Å². The number of hydrogen-bond acceptors (Lipinski definition) is 3. The highest BCUT2D eigenvalue weighted by Crippen LogP contribution is 2.20. The van der Waals surface area contributed by atoms with E-state index in [4.69, 9.17) is 18.0 Å². The second kappa shape index (κ2) is 5.56. The summed E-state index contributed by atoms with van der Waals surface area (Å²) >= 11 is 5.16. The number of likely N-dealkylation sites (tertiary alicyclic amines) is 1. The number of piperidine rings is 1. The van der Waals surface area contributed by atoms with Crippen LogP contribution in [0.25, 0.3) is 0 Å². The Morgan fingerprint density at radius 3 is 3.12 bits per heavy atom. The van der Waals surface area contributed by atoms with Gasteiger partial charge < -0.3 is 5.73 Å². The molecule has 1 aliphatic heterocycles. The average Bonchev–Trinajstić information content (AvgIpc) is 2.32. The molecule has 17 heavy (non-hydrogen) atoms. The molecular weight excluding hydrogens is 230 g/mol. The Balaban J connectivity index is 2.11. The summed E-state index contributed by atoms with van der Waals surface area (Å²) in [4.78, 5) is 7.43. The van der Waals surface area contributed by atoms with Crippen LogP contribution in [-0.4, -0.2) is 27.5 Å². The highest BCUT2D eigenvalue weighted by molar-refractivity contribution is 7.80. The van der Waals surface area contributed by atoms with E-state index in [2.05, 4.69) is 22.9 Å². The van der Waals surface area contributed by atoms with Gasteiger partial charge in [0.15, 0.2) is 0 Å². The van der Waals surface area contributed by atoms with Crippen molar-refractivity contribution in [2.24, 2.45) is 5.73 Å². The molecule has 0 aliphatic carbocycles. The van der Waals surface area contributed by atoms with Gasteiger partial charge >= 0.3 is 0 Å². The Hall–Kier alpha value is -1.00. The van der Waals surface area contributed by atoms with Crippen LogP contribution in [0.2, 0.25) is 0 Å². The molecule has 1 saturated heterocycles. The molecule has 4 heteroatoms. The van der Waals surface area contributed by atoms with Gasteiger partial charge in [0, 0.05) is 12.7 Å². The summed E-state index contributed by atoms with van der Waals surface area (Å²) in [6, 6.07) is 4.32. The van der Waals surface area contributed by atoms with Crippen LogP contribution in [-0.2, 0) is 6.54 Å². The lowest BCUT2D eigenvalue weighted by Gasteiger charge is -2.34. The third-order valence-corrected chi connectivity index (χ3v) is 3.68. The van der Waals surface area contributed by atoms with E-state index in [-0.39, 0.29) is 6.04 Å². The molecule has 1 atom stereocenters. The summed E-state index contributed by atoms with van der Waals surface area (Å²) in [5, 5.41) is 0. The molecule has 0 amide bonds. The van der Waals surface area contributed by atoms with Gasteiger partial charge in [0.2, 0.25) is 0 Å². The van der Waals surface area contributed by atoms with Crippen molar-refractivity contribution in [1.82, 2.24) is 9.88 Å². The normalized spacial score (nSPS) is 21.4. The zero-order valence-corrected chi connectivity index (χ0v) is 11.0. The Kier molecular flexibility index (Phi) is 4.07. The summed E-state index contributed by atoms with van der Waals surface area (Å²) in [7, 11) is 0. The molecule has 0 bridgehead atoms. The third-order valence-electron chi connectivity index (χ3n) is 3.41. The van der Waals surface area contributed by atoms with Gasteiger partial charge in [-0.3, -0.25) is 9.88 Å². The first-order valence-electron chi connectivity index (χ1n) is 6.12. The van der Waals surface area contributed by atoms with E-state index < -0.39 is 0 Å². The standard InChI is InChI=1S/C13H19N3S/c1-10-5-4-7-15-11(10)9-16-8-3-2-6-12(16)13(14)17/h4-5,7,12H,2-3,6,8-9H2,1H3,(H2,14,17). The molecule has 0 saturated carbocycles. The van der Waals surface area contributed by atoms with E-state index in [1.54, 1.807) is 0 Å². The van der Waals surface area contributed by atoms with Gasteiger partial charge in [-0.2, -0.15) is 0 Å². The van der Waals surface area contributed by atoms with Gasteiger partial charge in [-0.15, -0.1) is 0 Å². The molecule has 1 unspecified atom stereocenters. The van der Waals surface area contributed by atoms with Crippen LogP contribution >= 0.6 is 12.2 Å². The largest absolute Gasteiger partial charge is 0.392 e. The van der Waals surface area contributed by atoms with Crippen LogP contribution in [0.15, 0.2) is 18.3 Å². The lowest BCUT2D eigenvalue weighted by molar-refractivity contribution is 0.182. The minimum Gasteiger partial charge on any atom is -0.392 e. The summed E-state index contributed by atoms with van der Waals surface area (Å²) in [5.74, 6) is 0. The van der Waals surface area contributed by atoms with Crippen molar-refractivity contribution in [3.05, 3.63) is 29.6 Å². The van der Waals surface area contributed by atoms with Crippen LogP contribution in [0, 0.1) is 6.92 Å². The van der Waals surface area contributed by atoms with Gasteiger partial charge in [0.05, 0.1) is 16.7 Å². The number of pyridine rings is 1. The molecule has 2 N–H and O–H groups in total. The number of nitrogens with two attached hydrogens (primary N) is 1. The van der Waals surface area contributed by atoms with Crippen LogP contribution in [0.1, 0.15) is 30.5 Å². The predicted octanol–water partition coefficient (Wildman–Crippen LogP) is 2.03. The zero-order chi connectivity index (χ0) is 12.3. The maximum absolute atomic E-state index is 5.82. The van der Waals surface area contributed by atoms with Crippen molar-refractivity contribution in [1.29, 1.82) is 0 Å². The zero-order valence-electron chi connectivity index (χ0n) is 10.2. The SMILES string of the molecule is Cc1cccnc1CN1CCCCC1C(N)=S. The maximum Gasteiger partial charge on any atom is 0.0902 e. The van der Waals surface area contributed by atoms with E-state index in [1.165, 1.54) is 18.4 Å². The maximum atomic E-state index is 5.82. The van der Waals surface area contributed by atoms with Crippen LogP contribution in [0.5, 0.6) is 0 Å². The molecule has 1 fully saturated rings. The lowest BCUT2D eigenvalue weighted by Crippen LogP contribution is -2.46. The topological polar surface area (TPSA) is 42.2 Å². The smallest absolute Gasteiger partial charge is 0.0902 e. The van der Waals surface area contributed by atoms with E-state index in [0.717, 1.165) is 25.2 Å². The Bertz CT molecular complexity index is 405. The molecule has 2 rings (SSSR count). The molecule has 1 aliphatic rings. The molecular formula is C13H19N3S. The number of thiocarbonyl (C=S) groups is 1. The minimum atomic E-state index is 0.250. The highest BCUT2D eigenvalue weighted by atomic mass is 32.1. The van der Waals surface area contributed by atoms with Crippen LogP contribution in [0.4, 0.5) is 0 Å². The number of hydrogen-bond donors (Lipinski definition) is 1. The van der Waals surface area contributed by atoms with Gasteiger partial charge in [-0.25, -0.2) is 0 Å². The monoisotopic (exact) mass is 249 g/mol. The lowest BCUT2D eigenvalue weighted by atomic mass is 10.0. The van der Waals surface area contributed by atoms with Gasteiger partial charge in [-0.05, 0) is 37.9 Å². The fraction of sp³-hybridized carbons (Fsp3) is 0.538. The van der Waals surface area contributed by atoms with Crippen molar-refractivity contribution >= 4 is 17.2 Å². The van der Waals surface area contributed by atoms with Gasteiger partial charge in [0.1, 0.15) is 0 Å². The first-order valence-corrected chi connectivity index (χ1v) is 6.53. The highest BCUT2D eigenvalue weighted by Gasteiger charge is 2.25. The van der Waals surface area contributed by atoms with E-state index in [9.17, 15) is 0 Å². The second-order valence-electron chi connectivity index (χ2n) is 4.65. The quantitative estimate of drug-likeness (QED) is 0.832. The molecule has 92 valence electrons. The summed E-state index contributed by atoms with van der Waals surface area (Å²) in [6.07, 6.45) is 5.38. The predicted molar refractivity (Wildman–Crippen MR) is 73.8 cm³/mol. The molecule has 0 spiro atoms. The van der Waals surface area contributed by atoms with Gasteiger partial charge in [-0.1, -0.05) is 24.7 Å². The van der Waals surface area contributed by atoms with Crippen molar-refractivity contribution in [2.75, 3.05) is 6.54 Å². The minimum absolute atomic E-state index is 0.250. The fourth-order valence-corrected chi connectivity index (χ4v) is 2.65. The van der Waals surface area contributed by atoms with E-state index in [0.29, 0.717) is 4.99 Å². The fourth-order valence-electron chi connectivity index (χ4n) is 2.38. The number of aryl methyl sites for hydroxylation is 1. The first-order chi connectivity index (χ1) is 8.18. The van der Waals surface area contributed by atoms with E-state index in [1.807, 2.05) is 12.3 Å². The summed E-state index contributed by atoms with van der Waals surface area (Å²) in [6.45, 7) is 4.02. The van der Waals surface area contributed by atoms with Crippen molar-refractivity contribution in [2.45, 2.75) is 38.8 Å². The Labute approximate surface area is 108 Å². The molecule has 0 radical (unpaired) electrons. The Morgan fingerprint density at radius 1 is 1.59 bits per heavy atom. The second-order valence-corrected chi connectivity index (χ2v) is 5.12.